The molecular weight excluding hydrogens is 276 g/mol. The van der Waals surface area contributed by atoms with E-state index in [9.17, 15) is 14.4 Å². The number of amides is 1. The van der Waals surface area contributed by atoms with Gasteiger partial charge in [-0.15, -0.1) is 0 Å². The first kappa shape index (κ1) is 16.6. The van der Waals surface area contributed by atoms with E-state index in [4.69, 9.17) is 10.6 Å². The van der Waals surface area contributed by atoms with E-state index in [1.165, 1.54) is 24.3 Å². The molecule has 0 spiro atoms. The summed E-state index contributed by atoms with van der Waals surface area (Å²) in [5, 5.41) is 0.839. The van der Waals surface area contributed by atoms with E-state index in [1.54, 1.807) is 13.8 Å². The lowest BCUT2D eigenvalue weighted by Gasteiger charge is -2.16. The normalized spacial score (nSPS) is 9.86. The smallest absolute Gasteiger partial charge is 0.338 e. The van der Waals surface area contributed by atoms with Crippen LogP contribution in [0.15, 0.2) is 24.3 Å². The van der Waals surface area contributed by atoms with Gasteiger partial charge in [0.15, 0.2) is 0 Å². The Labute approximate surface area is 122 Å². The highest BCUT2D eigenvalue weighted by molar-refractivity contribution is 6.03. The lowest BCUT2D eigenvalue weighted by Crippen LogP contribution is -2.38. The molecule has 7 heteroatoms. The molecule has 0 saturated heterocycles. The average molecular weight is 294 g/mol. The second-order valence-corrected chi connectivity index (χ2v) is 4.01. The highest BCUT2D eigenvalue weighted by Crippen LogP contribution is 2.14. The zero-order chi connectivity index (χ0) is 15.8. The van der Waals surface area contributed by atoms with Crippen LogP contribution in [0.5, 0.6) is 0 Å². The van der Waals surface area contributed by atoms with Crippen LogP contribution in [0, 0.1) is 0 Å². The Hall–Kier alpha value is -2.41. The van der Waals surface area contributed by atoms with Crippen LogP contribution >= 0.6 is 0 Å². The number of benzene rings is 1. The Morgan fingerprint density at radius 1 is 1.05 bits per heavy atom. The van der Waals surface area contributed by atoms with Crippen molar-refractivity contribution in [3.05, 3.63) is 29.8 Å². The third-order valence-electron chi connectivity index (χ3n) is 2.53. The lowest BCUT2D eigenvalue weighted by molar-refractivity contribution is -0.145. The molecular formula is C14H18N2O5. The van der Waals surface area contributed by atoms with Crippen molar-refractivity contribution in [2.75, 3.05) is 18.2 Å². The van der Waals surface area contributed by atoms with Crippen molar-refractivity contribution in [1.82, 2.24) is 0 Å². The van der Waals surface area contributed by atoms with E-state index in [0.29, 0.717) is 11.3 Å². The summed E-state index contributed by atoms with van der Waals surface area (Å²) in [6.45, 7) is 3.84. The largest absolute Gasteiger partial charge is 0.466 e. The summed E-state index contributed by atoms with van der Waals surface area (Å²) in [7, 11) is 0. The van der Waals surface area contributed by atoms with Crippen molar-refractivity contribution < 1.29 is 23.9 Å². The number of carbonyl (C=O) groups is 3. The molecule has 1 amide bonds. The summed E-state index contributed by atoms with van der Waals surface area (Å²) in [5.74, 6) is 3.94. The van der Waals surface area contributed by atoms with Crippen molar-refractivity contribution in [2.24, 2.45) is 5.84 Å². The maximum atomic E-state index is 11.8. The maximum absolute atomic E-state index is 11.8. The Kier molecular flexibility index (Phi) is 6.35. The number of anilines is 1. The van der Waals surface area contributed by atoms with Gasteiger partial charge < -0.3 is 9.47 Å². The molecule has 1 aromatic rings. The Balaban J connectivity index is 2.70. The molecule has 0 heterocycles. The van der Waals surface area contributed by atoms with Gasteiger partial charge in [-0.05, 0) is 38.1 Å². The van der Waals surface area contributed by atoms with E-state index in [1.807, 2.05) is 0 Å². The van der Waals surface area contributed by atoms with Gasteiger partial charge in [0.1, 0.15) is 6.42 Å². The molecule has 1 aromatic carbocycles. The van der Waals surface area contributed by atoms with Crippen LogP contribution in [0.1, 0.15) is 30.6 Å². The van der Waals surface area contributed by atoms with Crippen LogP contribution in [0.2, 0.25) is 0 Å². The van der Waals surface area contributed by atoms with E-state index in [-0.39, 0.29) is 13.2 Å². The molecule has 21 heavy (non-hydrogen) atoms. The van der Waals surface area contributed by atoms with E-state index in [0.717, 1.165) is 5.01 Å². The number of ether oxygens (including phenoxy) is 2. The van der Waals surface area contributed by atoms with E-state index in [2.05, 4.69) is 4.74 Å². The maximum Gasteiger partial charge on any atom is 0.338 e. The van der Waals surface area contributed by atoms with Gasteiger partial charge in [-0.1, -0.05) is 0 Å². The number of nitrogens with zero attached hydrogens (tertiary/aromatic N) is 1. The molecule has 0 aliphatic rings. The summed E-state index contributed by atoms with van der Waals surface area (Å²) in [5.41, 5.74) is 0.712. The summed E-state index contributed by atoms with van der Waals surface area (Å²) < 4.78 is 9.52. The molecule has 0 atom stereocenters. The predicted molar refractivity (Wildman–Crippen MR) is 75.3 cm³/mol. The van der Waals surface area contributed by atoms with Gasteiger partial charge in [-0.25, -0.2) is 15.6 Å². The first-order chi connectivity index (χ1) is 9.99. The number of nitrogens with two attached hydrogens (primary N) is 1. The molecule has 114 valence electrons. The van der Waals surface area contributed by atoms with Crippen LogP contribution < -0.4 is 10.9 Å². The molecule has 0 aliphatic carbocycles. The first-order valence-electron chi connectivity index (χ1n) is 6.50. The van der Waals surface area contributed by atoms with E-state index >= 15 is 0 Å². The average Bonchev–Trinajstić information content (AvgIpc) is 2.47. The minimum Gasteiger partial charge on any atom is -0.466 e. The molecule has 0 saturated carbocycles. The number of hydrogen-bond acceptors (Lipinski definition) is 6. The second kappa shape index (κ2) is 8.01. The molecule has 0 bridgehead atoms. The molecule has 2 N–H and O–H groups in total. The SMILES string of the molecule is CCOC(=O)CC(=O)N(N)c1ccc(C(=O)OCC)cc1. The van der Waals surface area contributed by atoms with E-state index < -0.39 is 24.3 Å². The number of hydrogen-bond donors (Lipinski definition) is 1. The van der Waals surface area contributed by atoms with Crippen LogP contribution in [0.3, 0.4) is 0 Å². The van der Waals surface area contributed by atoms with Crippen LogP contribution in [-0.2, 0) is 19.1 Å². The monoisotopic (exact) mass is 294 g/mol. The third kappa shape index (κ3) is 4.88. The summed E-state index contributed by atoms with van der Waals surface area (Å²) in [6, 6.07) is 5.97. The van der Waals surface area contributed by atoms with Crippen LogP contribution in [0.25, 0.3) is 0 Å². The number of esters is 2. The molecule has 0 radical (unpaired) electrons. The summed E-state index contributed by atoms with van der Waals surface area (Å²) in [6.07, 6.45) is -0.441. The van der Waals surface area contributed by atoms with Gasteiger partial charge in [0, 0.05) is 0 Å². The fraction of sp³-hybridized carbons (Fsp3) is 0.357. The van der Waals surface area contributed by atoms with Crippen molar-refractivity contribution in [3.63, 3.8) is 0 Å². The minimum absolute atomic E-state index is 0.199. The molecule has 0 unspecified atom stereocenters. The van der Waals surface area contributed by atoms with Gasteiger partial charge in [0.2, 0.25) is 0 Å². The quantitative estimate of drug-likeness (QED) is 0.276. The summed E-state index contributed by atoms with van der Waals surface area (Å²) >= 11 is 0. The Morgan fingerprint density at radius 2 is 1.62 bits per heavy atom. The second-order valence-electron chi connectivity index (χ2n) is 4.01. The van der Waals surface area contributed by atoms with Crippen molar-refractivity contribution in [3.8, 4) is 0 Å². The number of rotatable bonds is 6. The van der Waals surface area contributed by atoms with Gasteiger partial charge >= 0.3 is 11.9 Å². The molecule has 0 aromatic heterocycles. The first-order valence-corrected chi connectivity index (χ1v) is 6.50. The molecule has 1 rings (SSSR count). The van der Waals surface area contributed by atoms with Gasteiger partial charge in [0.25, 0.3) is 5.91 Å². The van der Waals surface area contributed by atoms with Gasteiger partial charge in [0.05, 0.1) is 24.5 Å². The highest BCUT2D eigenvalue weighted by atomic mass is 16.5. The number of carbonyl (C=O) groups excluding carboxylic acids is 3. The van der Waals surface area contributed by atoms with Crippen molar-refractivity contribution >= 4 is 23.5 Å². The standard InChI is InChI=1S/C14H18N2O5/c1-3-20-13(18)9-12(17)16(15)11-7-5-10(6-8-11)14(19)21-4-2/h5-8H,3-4,9,15H2,1-2H3. The van der Waals surface area contributed by atoms with Crippen molar-refractivity contribution in [1.29, 1.82) is 0 Å². The zero-order valence-corrected chi connectivity index (χ0v) is 12.0. The Bertz CT molecular complexity index is 513. The van der Waals surface area contributed by atoms with Crippen LogP contribution in [0.4, 0.5) is 5.69 Å². The zero-order valence-electron chi connectivity index (χ0n) is 12.0. The molecule has 0 fully saturated rings. The molecule has 0 aliphatic heterocycles. The molecule has 7 nitrogen and oxygen atoms in total. The number of hydrazine groups is 1. The topological polar surface area (TPSA) is 98.9 Å². The van der Waals surface area contributed by atoms with Crippen LogP contribution in [-0.4, -0.2) is 31.1 Å². The van der Waals surface area contributed by atoms with Gasteiger partial charge in [-0.2, -0.15) is 0 Å². The van der Waals surface area contributed by atoms with Crippen molar-refractivity contribution in [2.45, 2.75) is 20.3 Å². The fourth-order valence-corrected chi connectivity index (χ4v) is 1.54. The minimum atomic E-state index is -0.638. The summed E-state index contributed by atoms with van der Waals surface area (Å²) in [4.78, 5) is 34.5. The predicted octanol–water partition coefficient (Wildman–Crippen LogP) is 1.02. The third-order valence-corrected chi connectivity index (χ3v) is 2.53. The Morgan fingerprint density at radius 3 is 2.14 bits per heavy atom. The fourth-order valence-electron chi connectivity index (χ4n) is 1.54. The highest BCUT2D eigenvalue weighted by Gasteiger charge is 2.17. The van der Waals surface area contributed by atoms with Gasteiger partial charge in [-0.3, -0.25) is 9.59 Å². The lowest BCUT2D eigenvalue weighted by atomic mass is 10.2.